The van der Waals surface area contributed by atoms with Gasteiger partial charge in [-0.05, 0) is 37.6 Å². The fraction of sp³-hybridized carbons (Fsp3) is 0.267. The van der Waals surface area contributed by atoms with Gasteiger partial charge < -0.3 is 0 Å². The van der Waals surface area contributed by atoms with Gasteiger partial charge in [0, 0.05) is 17.8 Å². The molecule has 1 aliphatic rings. The molecule has 0 saturated carbocycles. The Balaban J connectivity index is 2.16. The summed E-state index contributed by atoms with van der Waals surface area (Å²) in [6, 6.07) is 4.91. The molecule has 0 saturated heterocycles. The number of hydrogen-bond donors (Lipinski definition) is 0. The number of pyridine rings is 1. The summed E-state index contributed by atoms with van der Waals surface area (Å²) in [6.07, 6.45) is 1.04. The highest BCUT2D eigenvalue weighted by molar-refractivity contribution is 7.91. The van der Waals surface area contributed by atoms with Crippen molar-refractivity contribution in [1.82, 2.24) is 8.96 Å². The molecule has 1 atom stereocenters. The van der Waals surface area contributed by atoms with Crippen molar-refractivity contribution in [3.8, 4) is 0 Å². The zero-order valence-corrected chi connectivity index (χ0v) is 12.9. The lowest BCUT2D eigenvalue weighted by molar-refractivity contribution is -0.0887. The molecule has 23 heavy (non-hydrogen) atoms. The van der Waals surface area contributed by atoms with Crippen molar-refractivity contribution in [3.63, 3.8) is 0 Å². The molecule has 0 N–H and O–H groups in total. The molecule has 0 fully saturated rings. The maximum Gasteiger partial charge on any atom is 0.416 e. The first-order valence-corrected chi connectivity index (χ1v) is 8.23. The van der Waals surface area contributed by atoms with Gasteiger partial charge in [-0.15, -0.1) is 0 Å². The summed E-state index contributed by atoms with van der Waals surface area (Å²) in [7, 11) is -4.11. The second-order valence-corrected chi connectivity index (χ2v) is 7.83. The normalized spacial score (nSPS) is 22.3. The van der Waals surface area contributed by atoms with Crippen LogP contribution in [0.2, 0.25) is 0 Å². The molecule has 0 amide bonds. The molecule has 0 radical (unpaired) electrons. The van der Waals surface area contributed by atoms with Crippen LogP contribution in [-0.2, 0) is 10.0 Å². The number of halogens is 3. The molecule has 0 aromatic carbocycles. The summed E-state index contributed by atoms with van der Waals surface area (Å²) in [5, 5.41) is 0.603. The smallest absolute Gasteiger partial charge is 0.237 e. The third kappa shape index (κ3) is 2.46. The molecule has 3 rings (SSSR count). The zero-order chi connectivity index (χ0) is 16.9. The molecular formula is C15H13F3N2O2S. The lowest BCUT2D eigenvalue weighted by Crippen LogP contribution is -2.39. The zero-order valence-electron chi connectivity index (χ0n) is 12.1. The Kier molecular flexibility index (Phi) is 3.40. The van der Waals surface area contributed by atoms with Gasteiger partial charge in [-0.1, -0.05) is 12.2 Å². The third-order valence-corrected chi connectivity index (χ3v) is 6.15. The number of aromatic nitrogens is 2. The summed E-state index contributed by atoms with van der Waals surface area (Å²) >= 11 is 0. The molecular weight excluding hydrogens is 329 g/mol. The largest absolute Gasteiger partial charge is 0.416 e. The number of hydrogen-bond acceptors (Lipinski definition) is 3. The Morgan fingerprint density at radius 3 is 2.74 bits per heavy atom. The highest BCUT2D eigenvalue weighted by atomic mass is 32.2. The van der Waals surface area contributed by atoms with E-state index in [1.54, 1.807) is 18.2 Å². The Hall–Kier alpha value is -2.09. The second-order valence-electron chi connectivity index (χ2n) is 5.55. The predicted octanol–water partition coefficient (Wildman–Crippen LogP) is 3.42. The number of rotatable bonds is 2. The number of allylic oxidation sites excluding steroid dienone is 3. The van der Waals surface area contributed by atoms with Gasteiger partial charge in [-0.2, -0.15) is 13.2 Å². The van der Waals surface area contributed by atoms with E-state index in [-0.39, 0.29) is 12.1 Å². The first-order valence-electron chi connectivity index (χ1n) is 6.79. The minimum atomic E-state index is -4.59. The maximum atomic E-state index is 12.9. The van der Waals surface area contributed by atoms with Crippen molar-refractivity contribution in [1.29, 1.82) is 0 Å². The molecule has 0 bridgehead atoms. The van der Waals surface area contributed by atoms with Crippen LogP contribution >= 0.6 is 0 Å². The van der Waals surface area contributed by atoms with Crippen LogP contribution in [0.15, 0.2) is 54.4 Å². The van der Waals surface area contributed by atoms with Gasteiger partial charge in [0.25, 0.3) is 0 Å². The fourth-order valence-corrected chi connectivity index (χ4v) is 4.21. The summed E-state index contributed by atoms with van der Waals surface area (Å²) in [5.41, 5.74) is -0.760. The van der Waals surface area contributed by atoms with Crippen LogP contribution < -0.4 is 0 Å². The van der Waals surface area contributed by atoms with Crippen molar-refractivity contribution in [3.05, 3.63) is 54.4 Å². The molecule has 2 heterocycles. The number of nitrogens with zero attached hydrogens (tertiary/aromatic N) is 2. The van der Waals surface area contributed by atoms with Gasteiger partial charge in [0.1, 0.15) is 4.75 Å². The lowest BCUT2D eigenvalue weighted by Gasteiger charge is -2.29. The quantitative estimate of drug-likeness (QED) is 0.840. The van der Waals surface area contributed by atoms with E-state index in [4.69, 9.17) is 0 Å². The fourth-order valence-electron chi connectivity index (χ4n) is 2.57. The van der Waals surface area contributed by atoms with Crippen LogP contribution in [0.1, 0.15) is 13.3 Å². The average Bonchev–Trinajstić information content (AvgIpc) is 2.90. The van der Waals surface area contributed by atoms with Crippen LogP contribution in [0.3, 0.4) is 0 Å². The van der Waals surface area contributed by atoms with E-state index < -0.39 is 26.5 Å². The molecule has 8 heteroatoms. The summed E-state index contributed by atoms with van der Waals surface area (Å²) in [5.74, 6) is 0. The van der Waals surface area contributed by atoms with Gasteiger partial charge in [0.05, 0.1) is 5.57 Å². The molecule has 4 nitrogen and oxygen atoms in total. The average molecular weight is 342 g/mol. The van der Waals surface area contributed by atoms with Gasteiger partial charge in [0.2, 0.25) is 10.0 Å². The highest BCUT2D eigenvalue weighted by Gasteiger charge is 2.44. The summed E-state index contributed by atoms with van der Waals surface area (Å²) < 4.78 is 63.9. The van der Waals surface area contributed by atoms with Gasteiger partial charge >= 0.3 is 6.18 Å². The standard InChI is InChI=1S/C15H13F3N2O2S/c1-14(7-2-5-12(10-14)15(16,17)18)23(21,22)20-9-6-11-4-3-8-19-13(11)20/h2-6,8-10H,7H2,1H3. The van der Waals surface area contributed by atoms with E-state index in [1.165, 1.54) is 25.4 Å². The highest BCUT2D eigenvalue weighted by Crippen LogP contribution is 2.37. The van der Waals surface area contributed by atoms with Crippen LogP contribution in [0, 0.1) is 0 Å². The van der Waals surface area contributed by atoms with Crippen molar-refractivity contribution in [2.24, 2.45) is 0 Å². The molecule has 1 unspecified atom stereocenters. The van der Waals surface area contributed by atoms with E-state index >= 15 is 0 Å². The van der Waals surface area contributed by atoms with Crippen LogP contribution in [0.4, 0.5) is 13.2 Å². The Bertz CT molecular complexity index is 926. The maximum absolute atomic E-state index is 12.9. The number of alkyl halides is 3. The van der Waals surface area contributed by atoms with Crippen molar-refractivity contribution >= 4 is 21.1 Å². The summed E-state index contributed by atoms with van der Waals surface area (Å²) in [6.45, 7) is 1.28. The monoisotopic (exact) mass is 342 g/mol. The topological polar surface area (TPSA) is 52.0 Å². The predicted molar refractivity (Wildman–Crippen MR) is 80.4 cm³/mol. The number of fused-ring (bicyclic) bond motifs is 1. The van der Waals surface area contributed by atoms with Crippen molar-refractivity contribution < 1.29 is 21.6 Å². The Morgan fingerprint density at radius 1 is 1.30 bits per heavy atom. The molecule has 1 aliphatic carbocycles. The lowest BCUT2D eigenvalue weighted by atomic mass is 9.97. The first-order chi connectivity index (χ1) is 10.7. The van der Waals surface area contributed by atoms with E-state index in [9.17, 15) is 21.6 Å². The van der Waals surface area contributed by atoms with Gasteiger partial charge in [-0.25, -0.2) is 17.4 Å². The van der Waals surface area contributed by atoms with E-state index in [0.717, 1.165) is 16.1 Å². The molecule has 122 valence electrons. The van der Waals surface area contributed by atoms with Crippen molar-refractivity contribution in [2.75, 3.05) is 0 Å². The Labute approximate surface area is 131 Å². The molecule has 2 aromatic heterocycles. The van der Waals surface area contributed by atoms with Gasteiger partial charge in [-0.3, -0.25) is 0 Å². The van der Waals surface area contributed by atoms with E-state index in [0.29, 0.717) is 5.39 Å². The van der Waals surface area contributed by atoms with Crippen LogP contribution in [-0.4, -0.2) is 28.3 Å². The SMILES string of the molecule is CC1(S(=O)(=O)n2ccc3cccnc32)C=C(C(F)(F)F)C=CC1. The molecule has 0 aliphatic heterocycles. The van der Waals surface area contributed by atoms with Crippen LogP contribution in [0.5, 0.6) is 0 Å². The van der Waals surface area contributed by atoms with Crippen molar-refractivity contribution in [2.45, 2.75) is 24.3 Å². The Morgan fingerprint density at radius 2 is 2.04 bits per heavy atom. The minimum Gasteiger partial charge on any atom is -0.237 e. The molecule has 2 aromatic rings. The van der Waals surface area contributed by atoms with Gasteiger partial charge in [0.15, 0.2) is 5.65 Å². The van der Waals surface area contributed by atoms with E-state index in [1.807, 2.05) is 0 Å². The third-order valence-electron chi connectivity index (χ3n) is 3.87. The van der Waals surface area contributed by atoms with E-state index in [2.05, 4.69) is 4.98 Å². The second kappa shape index (κ2) is 4.95. The van der Waals surface area contributed by atoms with Crippen LogP contribution in [0.25, 0.3) is 11.0 Å². The first kappa shape index (κ1) is 15.8. The molecule has 0 spiro atoms. The summed E-state index contributed by atoms with van der Waals surface area (Å²) in [4.78, 5) is 4.02. The minimum absolute atomic E-state index is 0.0403.